The molecule has 0 heterocycles. The van der Waals surface area contributed by atoms with Crippen LogP contribution >= 0.6 is 0 Å². The van der Waals surface area contributed by atoms with Crippen molar-refractivity contribution in [2.24, 2.45) is 0 Å². The summed E-state index contributed by atoms with van der Waals surface area (Å²) in [5.74, 6) is -1.28. The second-order valence-electron chi connectivity index (χ2n) is 7.74. The average Bonchev–Trinajstić information content (AvgIpc) is 2.33. The summed E-state index contributed by atoms with van der Waals surface area (Å²) in [6.07, 6.45) is 2.32. The first kappa shape index (κ1) is 22.4. The number of carboxylic acids is 1. The van der Waals surface area contributed by atoms with E-state index in [-0.39, 0.29) is 6.42 Å². The Bertz CT molecular complexity index is 435. The maximum atomic E-state index is 12.1. The van der Waals surface area contributed by atoms with Crippen LogP contribution in [0.5, 0.6) is 0 Å². The van der Waals surface area contributed by atoms with E-state index in [0.29, 0.717) is 25.7 Å². The number of carboxylic acid groups (broad SMARTS) is 1. The van der Waals surface area contributed by atoms with Crippen LogP contribution in [0.25, 0.3) is 0 Å². The van der Waals surface area contributed by atoms with Gasteiger partial charge >= 0.3 is 12.1 Å². The Morgan fingerprint density at radius 3 is 2.00 bits per heavy atom. The van der Waals surface area contributed by atoms with Crippen LogP contribution in [0.4, 0.5) is 4.79 Å². The van der Waals surface area contributed by atoms with Crippen molar-refractivity contribution in [2.45, 2.75) is 90.6 Å². The molecule has 0 aromatic carbocycles. The highest BCUT2D eigenvalue weighted by molar-refractivity contribution is 5.83. The lowest BCUT2D eigenvalue weighted by molar-refractivity contribution is -0.193. The molecule has 24 heavy (non-hydrogen) atoms. The van der Waals surface area contributed by atoms with E-state index in [0.717, 1.165) is 6.29 Å². The maximum absolute atomic E-state index is 12.1. The van der Waals surface area contributed by atoms with Gasteiger partial charge in [-0.25, -0.2) is 9.59 Å². The lowest BCUT2D eigenvalue weighted by atomic mass is 10.0. The summed E-state index contributed by atoms with van der Waals surface area (Å²) in [4.78, 5) is 34.3. The van der Waals surface area contributed by atoms with Crippen molar-refractivity contribution in [1.82, 2.24) is 5.32 Å². The van der Waals surface area contributed by atoms with E-state index in [1.165, 1.54) is 0 Å². The summed E-state index contributed by atoms with van der Waals surface area (Å²) >= 11 is 0. The number of rotatable bonds is 9. The predicted molar refractivity (Wildman–Crippen MR) is 89.7 cm³/mol. The van der Waals surface area contributed by atoms with Gasteiger partial charge in [0.05, 0.1) is 5.60 Å². The molecule has 1 atom stereocenters. The van der Waals surface area contributed by atoms with Gasteiger partial charge in [-0.15, -0.1) is 0 Å². The second kappa shape index (κ2) is 9.01. The maximum Gasteiger partial charge on any atom is 0.410 e. The SMILES string of the molecule is CC(C)(C)OC(=O)NC(CCCCCC=O)(OC(C)(C)C)C(=O)O. The Morgan fingerprint density at radius 1 is 1.00 bits per heavy atom. The van der Waals surface area contributed by atoms with Gasteiger partial charge in [-0.3, -0.25) is 5.32 Å². The number of amides is 1. The highest BCUT2D eigenvalue weighted by atomic mass is 16.6. The van der Waals surface area contributed by atoms with Gasteiger partial charge in [0.15, 0.2) is 0 Å². The van der Waals surface area contributed by atoms with Crippen LogP contribution in [0.2, 0.25) is 0 Å². The zero-order valence-electron chi connectivity index (χ0n) is 15.6. The van der Waals surface area contributed by atoms with E-state index >= 15 is 0 Å². The van der Waals surface area contributed by atoms with Gasteiger partial charge in [-0.05, 0) is 54.4 Å². The lowest BCUT2D eigenvalue weighted by Crippen LogP contribution is -2.60. The summed E-state index contributed by atoms with van der Waals surface area (Å²) in [5.41, 5.74) is -3.40. The molecule has 0 radical (unpaired) electrons. The fourth-order valence-corrected chi connectivity index (χ4v) is 2.11. The number of carbonyl (C=O) groups excluding carboxylic acids is 2. The third-order valence-corrected chi connectivity index (χ3v) is 2.88. The van der Waals surface area contributed by atoms with Crippen LogP contribution in [-0.2, 0) is 19.1 Å². The van der Waals surface area contributed by atoms with E-state index in [1.54, 1.807) is 41.5 Å². The molecule has 0 aromatic rings. The van der Waals surface area contributed by atoms with E-state index in [2.05, 4.69) is 5.32 Å². The largest absolute Gasteiger partial charge is 0.478 e. The molecular weight excluding hydrogens is 314 g/mol. The number of hydrogen-bond acceptors (Lipinski definition) is 5. The standard InChI is InChI=1S/C17H31NO6/c1-15(2,3)23-14(22)18-17(13(20)21,24-16(4,5)6)11-9-7-8-10-12-19/h12H,7-11H2,1-6H3,(H,18,22)(H,20,21). The van der Waals surface area contributed by atoms with Gasteiger partial charge in [0.25, 0.3) is 0 Å². The van der Waals surface area contributed by atoms with Gasteiger partial charge in [0, 0.05) is 12.8 Å². The summed E-state index contributed by atoms with van der Waals surface area (Å²) < 4.78 is 10.9. The summed E-state index contributed by atoms with van der Waals surface area (Å²) in [5, 5.41) is 12.1. The van der Waals surface area contributed by atoms with Crippen molar-refractivity contribution in [3.8, 4) is 0 Å². The molecule has 0 fully saturated rings. The topological polar surface area (TPSA) is 102 Å². The van der Waals surface area contributed by atoms with Gasteiger partial charge in [-0.1, -0.05) is 6.42 Å². The lowest BCUT2D eigenvalue weighted by Gasteiger charge is -2.37. The van der Waals surface area contributed by atoms with Crippen LogP contribution in [0, 0.1) is 0 Å². The number of aliphatic carboxylic acids is 1. The summed E-state index contributed by atoms with van der Waals surface area (Å²) in [6.45, 7) is 10.2. The first-order chi connectivity index (χ1) is 10.8. The molecule has 7 heteroatoms. The molecule has 0 aliphatic rings. The molecule has 2 N–H and O–H groups in total. The Hall–Kier alpha value is -1.63. The van der Waals surface area contributed by atoms with Gasteiger partial charge < -0.3 is 19.4 Å². The molecule has 1 amide bonds. The van der Waals surface area contributed by atoms with Crippen molar-refractivity contribution in [1.29, 1.82) is 0 Å². The number of aldehydes is 1. The number of nitrogens with one attached hydrogen (secondary N) is 1. The number of ether oxygens (including phenoxy) is 2. The molecule has 0 spiro atoms. The molecule has 0 saturated heterocycles. The monoisotopic (exact) mass is 345 g/mol. The Labute approximate surface area is 144 Å². The average molecular weight is 345 g/mol. The minimum Gasteiger partial charge on any atom is -0.478 e. The Kier molecular flexibility index (Phi) is 8.40. The third kappa shape index (κ3) is 9.50. The fourth-order valence-electron chi connectivity index (χ4n) is 2.11. The molecule has 7 nitrogen and oxygen atoms in total. The molecule has 140 valence electrons. The van der Waals surface area contributed by atoms with Crippen molar-refractivity contribution in [3.05, 3.63) is 0 Å². The summed E-state index contributed by atoms with van der Waals surface area (Å²) in [6, 6.07) is 0. The molecule has 0 aliphatic carbocycles. The van der Waals surface area contributed by atoms with Crippen molar-refractivity contribution >= 4 is 18.3 Å². The van der Waals surface area contributed by atoms with Gasteiger partial charge in [0.1, 0.15) is 11.9 Å². The first-order valence-electron chi connectivity index (χ1n) is 8.20. The van der Waals surface area contributed by atoms with Crippen LogP contribution in [0.1, 0.15) is 73.6 Å². The Morgan fingerprint density at radius 2 is 1.58 bits per heavy atom. The second-order valence-corrected chi connectivity index (χ2v) is 7.74. The first-order valence-corrected chi connectivity index (χ1v) is 8.20. The fraction of sp³-hybridized carbons (Fsp3) is 0.824. The van der Waals surface area contributed by atoms with Crippen molar-refractivity contribution in [3.63, 3.8) is 0 Å². The normalized spacial score (nSPS) is 14.6. The third-order valence-electron chi connectivity index (χ3n) is 2.88. The number of alkyl carbamates (subject to hydrolysis) is 1. The van der Waals surface area contributed by atoms with Crippen molar-refractivity contribution in [2.75, 3.05) is 0 Å². The minimum atomic E-state index is -1.87. The number of unbranched alkanes of at least 4 members (excludes halogenated alkanes) is 3. The quantitative estimate of drug-likeness (QED) is 0.378. The molecule has 0 aliphatic heterocycles. The molecular formula is C17H31NO6. The van der Waals surface area contributed by atoms with Crippen LogP contribution in [0.15, 0.2) is 0 Å². The van der Waals surface area contributed by atoms with Crippen LogP contribution in [0.3, 0.4) is 0 Å². The van der Waals surface area contributed by atoms with E-state index < -0.39 is 29.0 Å². The van der Waals surface area contributed by atoms with E-state index in [1.807, 2.05) is 0 Å². The van der Waals surface area contributed by atoms with Gasteiger partial charge in [0.2, 0.25) is 5.72 Å². The predicted octanol–water partition coefficient (Wildman–Crippen LogP) is 3.26. The van der Waals surface area contributed by atoms with Gasteiger partial charge in [-0.2, -0.15) is 0 Å². The molecule has 0 saturated carbocycles. The summed E-state index contributed by atoms with van der Waals surface area (Å²) in [7, 11) is 0. The zero-order chi connectivity index (χ0) is 19.0. The molecule has 0 bridgehead atoms. The highest BCUT2D eigenvalue weighted by Gasteiger charge is 2.45. The smallest absolute Gasteiger partial charge is 0.410 e. The van der Waals surface area contributed by atoms with E-state index in [4.69, 9.17) is 9.47 Å². The highest BCUT2D eigenvalue weighted by Crippen LogP contribution is 2.25. The minimum absolute atomic E-state index is 0.0811. The number of carbonyl (C=O) groups is 3. The van der Waals surface area contributed by atoms with E-state index in [9.17, 15) is 19.5 Å². The Balaban J connectivity index is 5.17. The molecule has 1 unspecified atom stereocenters. The zero-order valence-corrected chi connectivity index (χ0v) is 15.6. The van der Waals surface area contributed by atoms with Crippen molar-refractivity contribution < 1.29 is 29.0 Å². The molecule has 0 aromatic heterocycles. The van der Waals surface area contributed by atoms with Crippen LogP contribution in [-0.4, -0.2) is 40.4 Å². The van der Waals surface area contributed by atoms with Crippen LogP contribution < -0.4 is 5.32 Å². The molecule has 0 rings (SSSR count). The number of hydrogen-bond donors (Lipinski definition) is 2.